The molecule has 0 spiro atoms. The molecule has 0 heterocycles. The molecule has 2 heteroatoms. The highest BCUT2D eigenvalue weighted by molar-refractivity contribution is 4.55. The zero-order valence-electron chi connectivity index (χ0n) is 6.42. The summed E-state index contributed by atoms with van der Waals surface area (Å²) in [5.74, 6) is 0. The van der Waals surface area contributed by atoms with Gasteiger partial charge in [-0.3, -0.25) is 0 Å². The van der Waals surface area contributed by atoms with Crippen molar-refractivity contribution in [2.75, 3.05) is 6.61 Å². The van der Waals surface area contributed by atoms with Gasteiger partial charge in [0, 0.05) is 6.61 Å². The van der Waals surface area contributed by atoms with Crippen molar-refractivity contribution in [2.24, 2.45) is 0 Å². The summed E-state index contributed by atoms with van der Waals surface area (Å²) < 4.78 is 0. The standard InChI is InChI=1S/C8H17O2/c1-2-3-4-5-8(10)6-7-9/h8-10H,1-7H2. The fraction of sp³-hybridized carbons (Fsp3) is 0.875. The molecule has 2 nitrogen and oxygen atoms in total. The summed E-state index contributed by atoms with van der Waals surface area (Å²) in [5.41, 5.74) is 0. The molecular weight excluding hydrogens is 128 g/mol. The van der Waals surface area contributed by atoms with Crippen molar-refractivity contribution < 1.29 is 10.2 Å². The van der Waals surface area contributed by atoms with E-state index in [9.17, 15) is 0 Å². The zero-order valence-corrected chi connectivity index (χ0v) is 6.42. The lowest BCUT2D eigenvalue weighted by atomic mass is 10.1. The van der Waals surface area contributed by atoms with Crippen molar-refractivity contribution in [3.05, 3.63) is 6.92 Å². The van der Waals surface area contributed by atoms with Gasteiger partial charge in [0.05, 0.1) is 6.10 Å². The van der Waals surface area contributed by atoms with Gasteiger partial charge in [-0.25, -0.2) is 0 Å². The molecule has 0 fully saturated rings. The Bertz CT molecular complexity index is 64.3. The van der Waals surface area contributed by atoms with Crippen LogP contribution in [0.15, 0.2) is 0 Å². The van der Waals surface area contributed by atoms with E-state index < -0.39 is 0 Å². The number of hydrogen-bond acceptors (Lipinski definition) is 2. The smallest absolute Gasteiger partial charge is 0.0562 e. The second kappa shape index (κ2) is 7.03. The Labute approximate surface area is 62.9 Å². The van der Waals surface area contributed by atoms with Crippen LogP contribution in [0.25, 0.3) is 0 Å². The number of aliphatic hydroxyl groups is 2. The van der Waals surface area contributed by atoms with E-state index in [0.29, 0.717) is 6.42 Å². The molecule has 61 valence electrons. The number of aliphatic hydroxyl groups excluding tert-OH is 2. The van der Waals surface area contributed by atoms with Crippen LogP contribution in [0.1, 0.15) is 32.1 Å². The lowest BCUT2D eigenvalue weighted by Crippen LogP contribution is -2.07. The van der Waals surface area contributed by atoms with Crippen LogP contribution in [-0.2, 0) is 0 Å². The van der Waals surface area contributed by atoms with E-state index in [1.54, 1.807) is 0 Å². The predicted octanol–water partition coefficient (Wildman–Crippen LogP) is 1.12. The van der Waals surface area contributed by atoms with E-state index in [0.717, 1.165) is 25.7 Å². The molecule has 0 aliphatic carbocycles. The average Bonchev–Trinajstić information content (AvgIpc) is 1.89. The van der Waals surface area contributed by atoms with E-state index in [1.807, 2.05) is 0 Å². The molecule has 0 saturated carbocycles. The van der Waals surface area contributed by atoms with Gasteiger partial charge in [0.25, 0.3) is 0 Å². The minimum absolute atomic E-state index is 0.0888. The molecule has 0 rings (SSSR count). The van der Waals surface area contributed by atoms with Crippen molar-refractivity contribution in [2.45, 2.75) is 38.2 Å². The Morgan fingerprint density at radius 2 is 1.90 bits per heavy atom. The Morgan fingerprint density at radius 1 is 1.20 bits per heavy atom. The highest BCUT2D eigenvalue weighted by atomic mass is 16.3. The molecule has 1 radical (unpaired) electrons. The molecule has 0 aromatic heterocycles. The minimum Gasteiger partial charge on any atom is -0.396 e. The van der Waals surface area contributed by atoms with Crippen molar-refractivity contribution in [1.82, 2.24) is 0 Å². The van der Waals surface area contributed by atoms with Gasteiger partial charge in [-0.15, -0.1) is 0 Å². The fourth-order valence-electron chi connectivity index (χ4n) is 0.850. The number of rotatable bonds is 6. The zero-order chi connectivity index (χ0) is 7.82. The Morgan fingerprint density at radius 3 is 2.40 bits per heavy atom. The molecule has 2 N–H and O–H groups in total. The number of hydrogen-bond donors (Lipinski definition) is 2. The first-order chi connectivity index (χ1) is 4.81. The SMILES string of the molecule is [CH2]CCCCC(O)CCO. The van der Waals surface area contributed by atoms with Gasteiger partial charge in [0.15, 0.2) is 0 Å². The summed E-state index contributed by atoms with van der Waals surface area (Å²) in [6.45, 7) is 3.79. The van der Waals surface area contributed by atoms with E-state index in [-0.39, 0.29) is 12.7 Å². The minimum atomic E-state index is -0.309. The topological polar surface area (TPSA) is 40.5 Å². The Hall–Kier alpha value is -0.0800. The summed E-state index contributed by atoms with van der Waals surface area (Å²) >= 11 is 0. The Balaban J connectivity index is 2.97. The highest BCUT2D eigenvalue weighted by Gasteiger charge is 2.00. The van der Waals surface area contributed by atoms with Crippen molar-refractivity contribution >= 4 is 0 Å². The molecule has 0 aliphatic heterocycles. The third kappa shape index (κ3) is 6.05. The maximum atomic E-state index is 9.10. The third-order valence-corrected chi connectivity index (χ3v) is 1.50. The summed E-state index contributed by atoms with van der Waals surface area (Å²) in [5, 5.41) is 17.5. The second-order valence-electron chi connectivity index (χ2n) is 2.52. The first-order valence-corrected chi connectivity index (χ1v) is 3.89. The van der Waals surface area contributed by atoms with Gasteiger partial charge < -0.3 is 10.2 Å². The summed E-state index contributed by atoms with van der Waals surface area (Å²) in [4.78, 5) is 0. The van der Waals surface area contributed by atoms with Crippen molar-refractivity contribution in [3.8, 4) is 0 Å². The molecule has 1 atom stereocenters. The van der Waals surface area contributed by atoms with Crippen LogP contribution in [-0.4, -0.2) is 22.9 Å². The predicted molar refractivity (Wildman–Crippen MR) is 41.5 cm³/mol. The van der Waals surface area contributed by atoms with E-state index in [4.69, 9.17) is 10.2 Å². The van der Waals surface area contributed by atoms with Crippen LogP contribution in [0.3, 0.4) is 0 Å². The van der Waals surface area contributed by atoms with Crippen LogP contribution in [0.4, 0.5) is 0 Å². The van der Waals surface area contributed by atoms with Gasteiger partial charge in [0.2, 0.25) is 0 Å². The lowest BCUT2D eigenvalue weighted by Gasteiger charge is -2.06. The second-order valence-corrected chi connectivity index (χ2v) is 2.52. The van der Waals surface area contributed by atoms with Crippen LogP contribution in [0.5, 0.6) is 0 Å². The van der Waals surface area contributed by atoms with E-state index >= 15 is 0 Å². The highest BCUT2D eigenvalue weighted by Crippen LogP contribution is 2.04. The van der Waals surface area contributed by atoms with Gasteiger partial charge in [0.1, 0.15) is 0 Å². The first-order valence-electron chi connectivity index (χ1n) is 3.89. The molecule has 10 heavy (non-hydrogen) atoms. The monoisotopic (exact) mass is 145 g/mol. The van der Waals surface area contributed by atoms with Crippen LogP contribution in [0, 0.1) is 6.92 Å². The van der Waals surface area contributed by atoms with Crippen molar-refractivity contribution in [3.63, 3.8) is 0 Å². The summed E-state index contributed by atoms with van der Waals surface area (Å²) in [6, 6.07) is 0. The summed E-state index contributed by atoms with van der Waals surface area (Å²) in [7, 11) is 0. The first kappa shape index (κ1) is 9.92. The van der Waals surface area contributed by atoms with Gasteiger partial charge in [-0.1, -0.05) is 26.2 Å². The largest absolute Gasteiger partial charge is 0.396 e. The molecule has 1 unspecified atom stereocenters. The molecule has 0 aromatic carbocycles. The Kier molecular flexibility index (Phi) is 6.98. The van der Waals surface area contributed by atoms with Crippen LogP contribution in [0.2, 0.25) is 0 Å². The molecular formula is C8H17O2. The third-order valence-electron chi connectivity index (χ3n) is 1.50. The van der Waals surface area contributed by atoms with Gasteiger partial charge in [-0.2, -0.15) is 0 Å². The number of unbranched alkanes of at least 4 members (excludes halogenated alkanes) is 2. The molecule has 0 aliphatic rings. The van der Waals surface area contributed by atoms with Crippen molar-refractivity contribution in [1.29, 1.82) is 0 Å². The lowest BCUT2D eigenvalue weighted by molar-refractivity contribution is 0.122. The normalized spacial score (nSPS) is 13.5. The fourth-order valence-corrected chi connectivity index (χ4v) is 0.850. The molecule has 0 saturated heterocycles. The van der Waals surface area contributed by atoms with Crippen LogP contribution >= 0.6 is 0 Å². The maximum absolute atomic E-state index is 9.10. The van der Waals surface area contributed by atoms with Crippen LogP contribution < -0.4 is 0 Å². The molecule has 0 amide bonds. The molecule has 0 aromatic rings. The van der Waals surface area contributed by atoms with E-state index in [1.165, 1.54) is 0 Å². The summed E-state index contributed by atoms with van der Waals surface area (Å²) in [6.07, 6.45) is 4.03. The van der Waals surface area contributed by atoms with Gasteiger partial charge in [-0.05, 0) is 12.8 Å². The molecule has 0 bridgehead atoms. The average molecular weight is 145 g/mol. The quantitative estimate of drug-likeness (QED) is 0.550. The van der Waals surface area contributed by atoms with E-state index in [2.05, 4.69) is 6.92 Å². The van der Waals surface area contributed by atoms with Gasteiger partial charge >= 0.3 is 0 Å². The maximum Gasteiger partial charge on any atom is 0.0562 e.